The van der Waals surface area contributed by atoms with Gasteiger partial charge in [0.15, 0.2) is 5.13 Å². The van der Waals surface area contributed by atoms with Crippen molar-refractivity contribution in [2.45, 2.75) is 24.2 Å². The number of anilines is 1. The quantitative estimate of drug-likeness (QED) is 0.275. The lowest BCUT2D eigenvalue weighted by atomic mass is 10.2. The van der Waals surface area contributed by atoms with Crippen molar-refractivity contribution < 1.29 is 9.53 Å². The number of halogens is 1. The number of rotatable bonds is 10. The number of nitrogens with zero attached hydrogens (tertiary/aromatic N) is 3. The number of aromatic nitrogens is 1. The van der Waals surface area contributed by atoms with Crippen LogP contribution in [0.25, 0.3) is 10.2 Å². The molecule has 0 unspecified atom stereocenters. The van der Waals surface area contributed by atoms with Gasteiger partial charge in [0.1, 0.15) is 0 Å². The Balaban J connectivity index is 1.34. The maximum atomic E-state index is 13.2. The van der Waals surface area contributed by atoms with Gasteiger partial charge in [-0.3, -0.25) is 14.6 Å². The molecule has 1 aromatic heterocycles. The van der Waals surface area contributed by atoms with Gasteiger partial charge in [0.05, 0.1) is 23.4 Å². The number of para-hydroxylation sites is 1. The molecule has 0 spiro atoms. The Bertz CT molecular complexity index is 973. The van der Waals surface area contributed by atoms with Gasteiger partial charge in [-0.15, -0.1) is 11.8 Å². The zero-order valence-electron chi connectivity index (χ0n) is 18.0. The Morgan fingerprint density at radius 2 is 1.91 bits per heavy atom. The van der Waals surface area contributed by atoms with Gasteiger partial charge in [0.25, 0.3) is 0 Å². The number of thioether (sulfide) groups is 1. The highest BCUT2D eigenvalue weighted by molar-refractivity contribution is 7.99. The molecule has 0 saturated carbocycles. The van der Waals surface area contributed by atoms with Crippen LogP contribution in [0.4, 0.5) is 5.13 Å². The van der Waals surface area contributed by atoms with Crippen molar-refractivity contribution in [3.05, 3.63) is 53.6 Å². The lowest BCUT2D eigenvalue weighted by molar-refractivity contribution is -0.118. The molecular formula is C24H28ClN3O2S2. The van der Waals surface area contributed by atoms with Gasteiger partial charge in [-0.25, -0.2) is 4.98 Å². The van der Waals surface area contributed by atoms with Crippen LogP contribution in [0, 0.1) is 0 Å². The largest absolute Gasteiger partial charge is 0.379 e. The molecular weight excluding hydrogens is 462 g/mol. The number of morpholine rings is 1. The van der Waals surface area contributed by atoms with Crippen LogP contribution in [-0.2, 0) is 9.53 Å². The standard InChI is InChI=1S/C24H28ClN3O2S2/c25-19-8-10-20(11-9-19)31-18-3-7-23(29)28(13-4-12-27-14-16-30-17-15-27)24-26-21-5-1-2-6-22(21)32-24/h1-2,5-6,8-11H,3-4,7,12-18H2. The third-order valence-corrected chi connectivity index (χ3v) is 7.80. The zero-order chi connectivity index (χ0) is 22.2. The number of ether oxygens (including phenoxy) is 1. The van der Waals surface area contributed by atoms with E-state index >= 15 is 0 Å². The lowest BCUT2D eigenvalue weighted by Crippen LogP contribution is -2.39. The predicted octanol–water partition coefficient (Wildman–Crippen LogP) is 5.58. The molecule has 5 nitrogen and oxygen atoms in total. The Hall–Kier alpha value is -1.64. The number of thiazole rings is 1. The zero-order valence-corrected chi connectivity index (χ0v) is 20.4. The maximum Gasteiger partial charge on any atom is 0.228 e. The van der Waals surface area contributed by atoms with Crippen molar-refractivity contribution in [2.24, 2.45) is 0 Å². The van der Waals surface area contributed by atoms with E-state index in [1.54, 1.807) is 23.1 Å². The molecule has 2 heterocycles. The molecule has 0 bridgehead atoms. The lowest BCUT2D eigenvalue weighted by Gasteiger charge is -2.27. The number of carbonyl (C=O) groups is 1. The van der Waals surface area contributed by atoms with Gasteiger partial charge in [-0.05, 0) is 55.0 Å². The summed E-state index contributed by atoms with van der Waals surface area (Å²) in [6, 6.07) is 15.9. The van der Waals surface area contributed by atoms with Gasteiger partial charge in [0, 0.05) is 42.5 Å². The summed E-state index contributed by atoms with van der Waals surface area (Å²) in [5, 5.41) is 1.55. The molecule has 1 fully saturated rings. The first kappa shape index (κ1) is 23.5. The summed E-state index contributed by atoms with van der Waals surface area (Å²) in [6.07, 6.45) is 2.28. The SMILES string of the molecule is O=C(CCCSc1ccc(Cl)cc1)N(CCCN1CCOCC1)c1nc2ccccc2s1. The second kappa shape index (κ2) is 12.0. The molecule has 0 radical (unpaired) electrons. The number of amides is 1. The number of benzene rings is 2. The van der Waals surface area contributed by atoms with Crippen LogP contribution in [0.3, 0.4) is 0 Å². The van der Waals surface area contributed by atoms with Crippen LogP contribution < -0.4 is 4.90 Å². The van der Waals surface area contributed by atoms with E-state index in [0.717, 1.165) is 71.8 Å². The fraction of sp³-hybridized carbons (Fsp3) is 0.417. The molecule has 32 heavy (non-hydrogen) atoms. The molecule has 1 aliphatic heterocycles. The van der Waals surface area contributed by atoms with Crippen LogP contribution in [0.5, 0.6) is 0 Å². The Labute approximate surface area is 202 Å². The third-order valence-electron chi connectivity index (χ3n) is 5.39. The summed E-state index contributed by atoms with van der Waals surface area (Å²) < 4.78 is 6.56. The molecule has 1 amide bonds. The van der Waals surface area contributed by atoms with E-state index in [1.165, 1.54) is 4.90 Å². The highest BCUT2D eigenvalue weighted by Crippen LogP contribution is 2.29. The number of fused-ring (bicyclic) bond motifs is 1. The van der Waals surface area contributed by atoms with Crippen molar-refractivity contribution in [1.82, 2.24) is 9.88 Å². The summed E-state index contributed by atoms with van der Waals surface area (Å²) in [5.41, 5.74) is 0.955. The molecule has 2 aromatic carbocycles. The second-order valence-corrected chi connectivity index (χ2v) is 10.3. The van der Waals surface area contributed by atoms with Gasteiger partial charge in [-0.1, -0.05) is 35.1 Å². The molecule has 170 valence electrons. The average Bonchev–Trinajstić information content (AvgIpc) is 3.25. The summed E-state index contributed by atoms with van der Waals surface area (Å²) >= 11 is 9.31. The van der Waals surface area contributed by atoms with Crippen LogP contribution in [0.15, 0.2) is 53.4 Å². The highest BCUT2D eigenvalue weighted by Gasteiger charge is 2.20. The minimum Gasteiger partial charge on any atom is -0.379 e. The van der Waals surface area contributed by atoms with E-state index in [1.807, 2.05) is 47.4 Å². The van der Waals surface area contributed by atoms with Crippen molar-refractivity contribution in [1.29, 1.82) is 0 Å². The Kier molecular flexibility index (Phi) is 8.82. The monoisotopic (exact) mass is 489 g/mol. The summed E-state index contributed by atoms with van der Waals surface area (Å²) in [5.74, 6) is 1.05. The van der Waals surface area contributed by atoms with E-state index < -0.39 is 0 Å². The van der Waals surface area contributed by atoms with Crippen LogP contribution in [-0.4, -0.2) is 60.9 Å². The minimum atomic E-state index is 0.155. The third kappa shape index (κ3) is 6.68. The fourth-order valence-electron chi connectivity index (χ4n) is 3.66. The van der Waals surface area contributed by atoms with Crippen molar-refractivity contribution in [3.63, 3.8) is 0 Å². The molecule has 8 heteroatoms. The Morgan fingerprint density at radius 1 is 1.12 bits per heavy atom. The maximum absolute atomic E-state index is 13.2. The molecule has 3 aromatic rings. The van der Waals surface area contributed by atoms with Crippen molar-refractivity contribution in [3.8, 4) is 0 Å². The molecule has 4 rings (SSSR count). The average molecular weight is 490 g/mol. The number of hydrogen-bond donors (Lipinski definition) is 0. The van der Waals surface area contributed by atoms with E-state index in [9.17, 15) is 4.79 Å². The molecule has 0 atom stereocenters. The molecule has 0 N–H and O–H groups in total. The fourth-order valence-corrected chi connectivity index (χ4v) is 5.65. The summed E-state index contributed by atoms with van der Waals surface area (Å²) in [4.78, 5) is 23.4. The first-order valence-electron chi connectivity index (χ1n) is 11.0. The van der Waals surface area contributed by atoms with Crippen LogP contribution >= 0.6 is 34.7 Å². The van der Waals surface area contributed by atoms with Gasteiger partial charge in [0.2, 0.25) is 5.91 Å². The second-order valence-electron chi connectivity index (χ2n) is 7.72. The minimum absolute atomic E-state index is 0.155. The van der Waals surface area contributed by atoms with Gasteiger partial charge >= 0.3 is 0 Å². The summed E-state index contributed by atoms with van der Waals surface area (Å²) in [6.45, 7) is 5.20. The van der Waals surface area contributed by atoms with Crippen LogP contribution in [0.2, 0.25) is 5.02 Å². The van der Waals surface area contributed by atoms with E-state index in [0.29, 0.717) is 13.0 Å². The smallest absolute Gasteiger partial charge is 0.228 e. The molecule has 1 aliphatic rings. The van der Waals surface area contributed by atoms with Crippen molar-refractivity contribution in [2.75, 3.05) is 50.0 Å². The topological polar surface area (TPSA) is 45.7 Å². The molecule has 1 saturated heterocycles. The normalized spacial score (nSPS) is 14.7. The number of carbonyl (C=O) groups excluding carboxylic acids is 1. The van der Waals surface area contributed by atoms with E-state index in [-0.39, 0.29) is 5.91 Å². The predicted molar refractivity (Wildman–Crippen MR) is 135 cm³/mol. The first-order valence-corrected chi connectivity index (χ1v) is 13.2. The molecule has 0 aliphatic carbocycles. The van der Waals surface area contributed by atoms with Crippen molar-refractivity contribution >= 4 is 56.0 Å². The van der Waals surface area contributed by atoms with Gasteiger partial charge < -0.3 is 4.74 Å². The van der Waals surface area contributed by atoms with E-state index in [2.05, 4.69) is 11.0 Å². The summed E-state index contributed by atoms with van der Waals surface area (Å²) in [7, 11) is 0. The van der Waals surface area contributed by atoms with Gasteiger partial charge in [-0.2, -0.15) is 0 Å². The van der Waals surface area contributed by atoms with E-state index in [4.69, 9.17) is 21.3 Å². The van der Waals surface area contributed by atoms with Crippen LogP contribution in [0.1, 0.15) is 19.3 Å². The Morgan fingerprint density at radius 3 is 2.69 bits per heavy atom. The first-order chi connectivity index (χ1) is 15.7. The number of hydrogen-bond acceptors (Lipinski definition) is 6. The highest BCUT2D eigenvalue weighted by atomic mass is 35.5.